The van der Waals surface area contributed by atoms with Crippen LogP contribution in [0.15, 0.2) is 23.8 Å². The molecule has 0 radical (unpaired) electrons. The van der Waals surface area contributed by atoms with Crippen LogP contribution in [-0.2, 0) is 0 Å². The first-order chi connectivity index (χ1) is 8.97. The monoisotopic (exact) mass is 261 g/mol. The zero-order valence-electron chi connectivity index (χ0n) is 10.7. The minimum absolute atomic E-state index is 0.106. The summed E-state index contributed by atoms with van der Waals surface area (Å²) in [4.78, 5) is 24.3. The van der Waals surface area contributed by atoms with Gasteiger partial charge in [0.1, 0.15) is 11.5 Å². The van der Waals surface area contributed by atoms with Crippen LogP contribution in [0.2, 0.25) is 0 Å². The van der Waals surface area contributed by atoms with Crippen LogP contribution in [0.3, 0.4) is 0 Å². The zero-order valence-corrected chi connectivity index (χ0v) is 10.7. The van der Waals surface area contributed by atoms with Gasteiger partial charge in [-0.15, -0.1) is 0 Å². The second kappa shape index (κ2) is 4.85. The number of hydrogen-bond donors (Lipinski definition) is 3. The summed E-state index contributed by atoms with van der Waals surface area (Å²) in [6, 6.07) is 2.42. The number of rotatable bonds is 3. The average molecular weight is 261 g/mol. The normalized spacial score (nSPS) is 16.0. The van der Waals surface area contributed by atoms with Crippen molar-refractivity contribution in [2.75, 3.05) is 13.6 Å². The van der Waals surface area contributed by atoms with Crippen LogP contribution in [0.1, 0.15) is 27.6 Å². The fraction of sp³-hybridized carbons (Fsp3) is 0.286. The molecule has 3 N–H and O–H groups in total. The molecule has 100 valence electrons. The van der Waals surface area contributed by atoms with E-state index in [4.69, 9.17) is 0 Å². The topological polar surface area (TPSA) is 86.6 Å². The van der Waals surface area contributed by atoms with Gasteiger partial charge in [-0.1, -0.05) is 6.92 Å². The highest BCUT2D eigenvalue weighted by molar-refractivity contribution is 6.26. The Morgan fingerprint density at radius 1 is 1.16 bits per heavy atom. The molecule has 1 aromatic rings. The smallest absolute Gasteiger partial charge is 0.194 e. The fourth-order valence-electron chi connectivity index (χ4n) is 2.27. The molecule has 0 fully saturated rings. The van der Waals surface area contributed by atoms with E-state index in [-0.39, 0.29) is 28.5 Å². The van der Waals surface area contributed by atoms with Crippen molar-refractivity contribution in [3.8, 4) is 11.5 Å². The second-order valence-electron chi connectivity index (χ2n) is 4.61. The van der Waals surface area contributed by atoms with Crippen molar-refractivity contribution >= 4 is 11.6 Å². The van der Waals surface area contributed by atoms with Gasteiger partial charge in [-0.2, -0.15) is 0 Å². The van der Waals surface area contributed by atoms with Crippen molar-refractivity contribution in [2.45, 2.75) is 6.92 Å². The number of ketones is 2. The second-order valence-corrected chi connectivity index (χ2v) is 4.61. The van der Waals surface area contributed by atoms with Crippen molar-refractivity contribution in [3.05, 3.63) is 34.9 Å². The first-order valence-electron chi connectivity index (χ1n) is 5.97. The largest absolute Gasteiger partial charge is 0.507 e. The predicted molar refractivity (Wildman–Crippen MR) is 69.6 cm³/mol. The first kappa shape index (κ1) is 13.3. The van der Waals surface area contributed by atoms with Crippen LogP contribution in [0.4, 0.5) is 0 Å². The number of carbonyl (C=O) groups is 2. The summed E-state index contributed by atoms with van der Waals surface area (Å²) in [5.74, 6) is -1.60. The molecular formula is C14H15NO4. The van der Waals surface area contributed by atoms with E-state index in [9.17, 15) is 19.8 Å². The maximum Gasteiger partial charge on any atom is 0.194 e. The number of benzene rings is 1. The van der Waals surface area contributed by atoms with Crippen LogP contribution >= 0.6 is 0 Å². The van der Waals surface area contributed by atoms with E-state index in [1.165, 1.54) is 18.2 Å². The fourth-order valence-corrected chi connectivity index (χ4v) is 2.27. The van der Waals surface area contributed by atoms with Gasteiger partial charge in [0, 0.05) is 12.1 Å². The van der Waals surface area contributed by atoms with Gasteiger partial charge in [-0.05, 0) is 31.2 Å². The number of allylic oxidation sites excluding steroid dienone is 1. The van der Waals surface area contributed by atoms with Crippen LogP contribution in [0, 0.1) is 5.92 Å². The molecule has 1 aliphatic carbocycles. The lowest BCUT2D eigenvalue weighted by Crippen LogP contribution is -2.26. The van der Waals surface area contributed by atoms with Gasteiger partial charge in [0.05, 0.1) is 11.1 Å². The van der Waals surface area contributed by atoms with Gasteiger partial charge in [0.15, 0.2) is 11.6 Å². The number of hydrogen-bond acceptors (Lipinski definition) is 5. The summed E-state index contributed by atoms with van der Waals surface area (Å²) in [5.41, 5.74) is 0.114. The maximum absolute atomic E-state index is 12.3. The summed E-state index contributed by atoms with van der Waals surface area (Å²) in [7, 11) is 1.75. The molecule has 1 atom stereocenters. The highest BCUT2D eigenvalue weighted by Crippen LogP contribution is 2.36. The van der Waals surface area contributed by atoms with Crippen molar-refractivity contribution in [1.29, 1.82) is 0 Å². The van der Waals surface area contributed by atoms with Crippen LogP contribution in [0.25, 0.3) is 0 Å². The molecule has 0 amide bonds. The molecule has 0 spiro atoms. The van der Waals surface area contributed by atoms with E-state index >= 15 is 0 Å². The van der Waals surface area contributed by atoms with E-state index in [0.717, 1.165) is 0 Å². The van der Waals surface area contributed by atoms with Gasteiger partial charge in [-0.25, -0.2) is 0 Å². The number of phenols is 2. The summed E-state index contributed by atoms with van der Waals surface area (Å²) in [5, 5.41) is 22.4. The minimum Gasteiger partial charge on any atom is -0.507 e. The van der Waals surface area contributed by atoms with Crippen LogP contribution in [0.5, 0.6) is 11.5 Å². The highest BCUT2D eigenvalue weighted by Gasteiger charge is 2.32. The Morgan fingerprint density at radius 2 is 1.74 bits per heavy atom. The number of phenolic OH excluding ortho intramolecular Hbond substituents is 2. The third-order valence-electron chi connectivity index (χ3n) is 3.22. The quantitative estimate of drug-likeness (QED) is 0.713. The lowest BCUT2D eigenvalue weighted by Gasteiger charge is -2.21. The van der Waals surface area contributed by atoms with Crippen molar-refractivity contribution in [2.24, 2.45) is 5.92 Å². The molecule has 1 aromatic carbocycles. The molecule has 0 heterocycles. The summed E-state index contributed by atoms with van der Waals surface area (Å²) >= 11 is 0. The molecule has 0 bridgehead atoms. The Labute approximate surface area is 110 Å². The van der Waals surface area contributed by atoms with Gasteiger partial charge in [0.25, 0.3) is 0 Å². The lowest BCUT2D eigenvalue weighted by atomic mass is 9.83. The third kappa shape index (κ3) is 2.13. The number of aromatic hydroxyl groups is 2. The van der Waals surface area contributed by atoms with Crippen LogP contribution in [-0.4, -0.2) is 35.4 Å². The SMILES string of the molecule is CNCC(C)C1=CC(=O)c2c(O)ccc(O)c2C1=O. The van der Waals surface area contributed by atoms with Gasteiger partial charge in [0.2, 0.25) is 0 Å². The predicted octanol–water partition coefficient (Wildman–Crippen LogP) is 1.26. The Kier molecular flexibility index (Phi) is 3.40. The number of nitrogens with one attached hydrogen (secondary N) is 1. The van der Waals surface area contributed by atoms with Crippen molar-refractivity contribution in [1.82, 2.24) is 5.32 Å². The van der Waals surface area contributed by atoms with Gasteiger partial charge in [-0.3, -0.25) is 9.59 Å². The van der Waals surface area contributed by atoms with E-state index < -0.39 is 11.6 Å². The molecular weight excluding hydrogens is 246 g/mol. The molecule has 1 aliphatic rings. The Hall–Kier alpha value is -2.14. The highest BCUT2D eigenvalue weighted by atomic mass is 16.3. The summed E-state index contributed by atoms with van der Waals surface area (Å²) in [6.07, 6.45) is 1.24. The third-order valence-corrected chi connectivity index (χ3v) is 3.22. The van der Waals surface area contributed by atoms with Crippen molar-refractivity contribution < 1.29 is 19.8 Å². The summed E-state index contributed by atoms with van der Waals surface area (Å²) in [6.45, 7) is 2.36. The Bertz CT molecular complexity index is 589. The van der Waals surface area contributed by atoms with Crippen molar-refractivity contribution in [3.63, 3.8) is 0 Å². The molecule has 0 saturated heterocycles. The average Bonchev–Trinajstić information content (AvgIpc) is 2.36. The Balaban J connectivity index is 2.56. The maximum atomic E-state index is 12.3. The lowest BCUT2D eigenvalue weighted by molar-refractivity contribution is 0.0971. The molecule has 2 rings (SSSR count). The first-order valence-corrected chi connectivity index (χ1v) is 5.97. The molecule has 0 aromatic heterocycles. The molecule has 19 heavy (non-hydrogen) atoms. The molecule has 5 heteroatoms. The van der Waals surface area contributed by atoms with E-state index in [0.29, 0.717) is 12.1 Å². The molecule has 5 nitrogen and oxygen atoms in total. The van der Waals surface area contributed by atoms with Gasteiger partial charge < -0.3 is 15.5 Å². The number of fused-ring (bicyclic) bond motifs is 1. The molecule has 1 unspecified atom stereocenters. The van der Waals surface area contributed by atoms with E-state index in [1.807, 2.05) is 6.92 Å². The number of carbonyl (C=O) groups excluding carboxylic acids is 2. The Morgan fingerprint density at radius 3 is 2.32 bits per heavy atom. The van der Waals surface area contributed by atoms with Crippen LogP contribution < -0.4 is 5.32 Å². The standard InChI is InChI=1S/C14H15NO4/c1-7(6-15-2)8-5-11(18)12-9(16)3-4-10(17)13(12)14(8)19/h3-5,7,15-17H,6H2,1-2H3. The molecule has 0 saturated carbocycles. The summed E-state index contributed by atoms with van der Waals surface area (Å²) < 4.78 is 0. The van der Waals surface area contributed by atoms with Gasteiger partial charge >= 0.3 is 0 Å². The minimum atomic E-state index is -0.457. The van der Waals surface area contributed by atoms with E-state index in [1.54, 1.807) is 7.05 Å². The zero-order chi connectivity index (χ0) is 14.2. The molecule has 0 aliphatic heterocycles. The van der Waals surface area contributed by atoms with E-state index in [2.05, 4.69) is 5.32 Å². The number of Topliss-reactive ketones (excluding diaryl/α,β-unsaturated/α-hetero) is 1.